The first-order valence-corrected chi connectivity index (χ1v) is 6.44. The number of Topliss-reactive ketones (excluding diaryl/α,β-unsaturated/α-hetero) is 1. The first-order chi connectivity index (χ1) is 9.09. The lowest BCUT2D eigenvalue weighted by Crippen LogP contribution is -2.34. The summed E-state index contributed by atoms with van der Waals surface area (Å²) in [6.45, 7) is 0.304. The van der Waals surface area contributed by atoms with Gasteiger partial charge in [0.25, 0.3) is 11.7 Å². The van der Waals surface area contributed by atoms with E-state index < -0.39 is 28.9 Å². The third-order valence-electron chi connectivity index (χ3n) is 3.93. The van der Waals surface area contributed by atoms with Crippen molar-refractivity contribution in [1.29, 1.82) is 0 Å². The van der Waals surface area contributed by atoms with E-state index in [-0.39, 0.29) is 11.6 Å². The Morgan fingerprint density at radius 2 is 1.74 bits per heavy atom. The summed E-state index contributed by atoms with van der Waals surface area (Å²) in [5.41, 5.74) is -0.593. The van der Waals surface area contributed by atoms with Gasteiger partial charge in [-0.05, 0) is 30.9 Å². The number of amides is 1. The van der Waals surface area contributed by atoms with E-state index in [2.05, 4.69) is 0 Å². The fourth-order valence-electron chi connectivity index (χ4n) is 2.98. The molecule has 0 bridgehead atoms. The fourth-order valence-corrected chi connectivity index (χ4v) is 2.98. The molecule has 3 nitrogen and oxygen atoms in total. The van der Waals surface area contributed by atoms with Crippen LogP contribution in [0.1, 0.15) is 36.0 Å². The van der Waals surface area contributed by atoms with Crippen molar-refractivity contribution in [3.63, 3.8) is 0 Å². The van der Waals surface area contributed by atoms with Gasteiger partial charge in [0.2, 0.25) is 0 Å². The predicted octanol–water partition coefficient (Wildman–Crippen LogP) is 2.68. The van der Waals surface area contributed by atoms with E-state index in [1.165, 1.54) is 0 Å². The van der Waals surface area contributed by atoms with E-state index in [0.29, 0.717) is 6.54 Å². The molecular weight excluding hydrogens is 252 g/mol. The summed E-state index contributed by atoms with van der Waals surface area (Å²) >= 11 is 0. The molecule has 0 unspecified atom stereocenters. The van der Waals surface area contributed by atoms with Crippen molar-refractivity contribution in [2.45, 2.75) is 25.7 Å². The number of rotatable bonds is 2. The smallest absolute Gasteiger partial charge is 0.299 e. The topological polar surface area (TPSA) is 37.4 Å². The minimum Gasteiger partial charge on any atom is -0.302 e. The lowest BCUT2D eigenvalue weighted by molar-refractivity contribution is -0.114. The zero-order valence-corrected chi connectivity index (χ0v) is 10.3. The fraction of sp³-hybridized carbons (Fsp3) is 0.429. The quantitative estimate of drug-likeness (QED) is 0.771. The molecule has 1 aliphatic carbocycles. The number of nitrogens with zero attached hydrogens (tertiary/aromatic N) is 1. The Morgan fingerprint density at radius 3 is 2.42 bits per heavy atom. The molecule has 0 radical (unpaired) electrons. The maximum absolute atomic E-state index is 13.8. The number of anilines is 1. The van der Waals surface area contributed by atoms with Crippen LogP contribution < -0.4 is 4.90 Å². The number of benzene rings is 1. The molecule has 5 heteroatoms. The van der Waals surface area contributed by atoms with E-state index in [9.17, 15) is 18.4 Å². The minimum atomic E-state index is -0.940. The van der Waals surface area contributed by atoms with Crippen LogP contribution in [0.25, 0.3) is 0 Å². The Morgan fingerprint density at radius 1 is 1.11 bits per heavy atom. The molecule has 0 spiro atoms. The van der Waals surface area contributed by atoms with Crippen LogP contribution in [0.4, 0.5) is 14.5 Å². The highest BCUT2D eigenvalue weighted by Gasteiger charge is 2.41. The Balaban J connectivity index is 2.01. The molecule has 1 heterocycles. The van der Waals surface area contributed by atoms with Crippen LogP contribution in [0.15, 0.2) is 12.1 Å². The van der Waals surface area contributed by atoms with Gasteiger partial charge >= 0.3 is 0 Å². The van der Waals surface area contributed by atoms with Crippen LogP contribution in [0, 0.1) is 17.6 Å². The van der Waals surface area contributed by atoms with Gasteiger partial charge < -0.3 is 4.90 Å². The maximum Gasteiger partial charge on any atom is 0.299 e. The van der Waals surface area contributed by atoms with Gasteiger partial charge in [0.1, 0.15) is 11.6 Å². The highest BCUT2D eigenvalue weighted by Crippen LogP contribution is 2.36. The SMILES string of the molecule is O=C1C(=O)N(CC2CCCC2)c2c(F)ccc(F)c21. The molecule has 1 aromatic rings. The average Bonchev–Trinajstić information content (AvgIpc) is 2.97. The normalized spacial score (nSPS) is 19.4. The van der Waals surface area contributed by atoms with Crippen molar-refractivity contribution in [1.82, 2.24) is 0 Å². The van der Waals surface area contributed by atoms with Gasteiger partial charge in [0.05, 0.1) is 11.3 Å². The Labute approximate surface area is 109 Å². The van der Waals surface area contributed by atoms with Crippen molar-refractivity contribution in [3.8, 4) is 0 Å². The van der Waals surface area contributed by atoms with Crippen LogP contribution >= 0.6 is 0 Å². The van der Waals surface area contributed by atoms with Gasteiger partial charge in [-0.25, -0.2) is 8.78 Å². The van der Waals surface area contributed by atoms with Gasteiger partial charge in [0, 0.05) is 6.54 Å². The molecule has 0 saturated heterocycles. The van der Waals surface area contributed by atoms with Crippen molar-refractivity contribution in [2.24, 2.45) is 5.92 Å². The van der Waals surface area contributed by atoms with Crippen molar-refractivity contribution < 1.29 is 18.4 Å². The molecule has 1 saturated carbocycles. The first-order valence-electron chi connectivity index (χ1n) is 6.44. The molecule has 0 atom stereocenters. The van der Waals surface area contributed by atoms with Crippen LogP contribution in [0.3, 0.4) is 0 Å². The standard InChI is InChI=1S/C14H13F2NO2/c15-9-5-6-10(16)12-11(9)13(18)14(19)17(12)7-8-3-1-2-4-8/h5-6,8H,1-4,7H2. The molecule has 3 rings (SSSR count). The van der Waals surface area contributed by atoms with Crippen LogP contribution in [-0.4, -0.2) is 18.2 Å². The van der Waals surface area contributed by atoms with Gasteiger partial charge in [-0.2, -0.15) is 0 Å². The second kappa shape index (κ2) is 4.40. The lowest BCUT2D eigenvalue weighted by Gasteiger charge is -2.20. The third kappa shape index (κ3) is 1.84. The van der Waals surface area contributed by atoms with Gasteiger partial charge in [-0.1, -0.05) is 12.8 Å². The first kappa shape index (κ1) is 12.3. The highest BCUT2D eigenvalue weighted by atomic mass is 19.1. The molecule has 19 heavy (non-hydrogen) atoms. The summed E-state index contributed by atoms with van der Waals surface area (Å²) in [5, 5.41) is 0. The predicted molar refractivity (Wildman–Crippen MR) is 65.0 cm³/mol. The second-order valence-corrected chi connectivity index (χ2v) is 5.15. The number of fused-ring (bicyclic) bond motifs is 1. The molecule has 1 amide bonds. The highest BCUT2D eigenvalue weighted by molar-refractivity contribution is 6.52. The number of ketones is 1. The monoisotopic (exact) mass is 265 g/mol. The van der Waals surface area contributed by atoms with Crippen molar-refractivity contribution >= 4 is 17.4 Å². The van der Waals surface area contributed by atoms with Crippen LogP contribution in [0.2, 0.25) is 0 Å². The van der Waals surface area contributed by atoms with E-state index in [1.807, 2.05) is 0 Å². The lowest BCUT2D eigenvalue weighted by atomic mass is 10.1. The van der Waals surface area contributed by atoms with Crippen LogP contribution in [0.5, 0.6) is 0 Å². The summed E-state index contributed by atoms with van der Waals surface area (Å²) in [7, 11) is 0. The maximum atomic E-state index is 13.8. The Bertz CT molecular complexity index is 565. The Hall–Kier alpha value is -1.78. The Kier molecular flexibility index (Phi) is 2.84. The minimum absolute atomic E-state index is 0.179. The number of hydrogen-bond donors (Lipinski definition) is 0. The average molecular weight is 265 g/mol. The van der Waals surface area contributed by atoms with Crippen molar-refractivity contribution in [2.75, 3.05) is 11.4 Å². The van der Waals surface area contributed by atoms with Crippen molar-refractivity contribution in [3.05, 3.63) is 29.3 Å². The summed E-state index contributed by atoms with van der Waals surface area (Å²) in [6.07, 6.45) is 4.09. The van der Waals surface area contributed by atoms with E-state index in [1.54, 1.807) is 0 Å². The number of halogens is 2. The molecule has 0 N–H and O–H groups in total. The second-order valence-electron chi connectivity index (χ2n) is 5.15. The summed E-state index contributed by atoms with van der Waals surface area (Å²) in [4.78, 5) is 24.8. The van der Waals surface area contributed by atoms with E-state index >= 15 is 0 Å². The number of hydrogen-bond acceptors (Lipinski definition) is 2. The summed E-state index contributed by atoms with van der Waals surface area (Å²) in [6, 6.07) is 1.85. The molecule has 2 aliphatic rings. The van der Waals surface area contributed by atoms with Gasteiger partial charge in [0.15, 0.2) is 0 Å². The largest absolute Gasteiger partial charge is 0.302 e. The number of carbonyl (C=O) groups is 2. The third-order valence-corrected chi connectivity index (χ3v) is 3.93. The molecule has 100 valence electrons. The van der Waals surface area contributed by atoms with Gasteiger partial charge in [-0.3, -0.25) is 9.59 Å². The van der Waals surface area contributed by atoms with E-state index in [4.69, 9.17) is 0 Å². The molecule has 1 aliphatic heterocycles. The molecule has 1 fully saturated rings. The van der Waals surface area contributed by atoms with E-state index in [0.717, 1.165) is 42.7 Å². The summed E-state index contributed by atoms with van der Waals surface area (Å²) < 4.78 is 27.4. The molecule has 0 aromatic heterocycles. The van der Waals surface area contributed by atoms with Crippen LogP contribution in [-0.2, 0) is 4.79 Å². The number of carbonyl (C=O) groups excluding carboxylic acids is 2. The zero-order valence-electron chi connectivity index (χ0n) is 10.3. The van der Waals surface area contributed by atoms with Gasteiger partial charge in [-0.15, -0.1) is 0 Å². The molecular formula is C14H13F2NO2. The molecule has 1 aromatic carbocycles. The zero-order chi connectivity index (χ0) is 13.6. The summed E-state index contributed by atoms with van der Waals surface area (Å²) in [5.74, 6) is -3.03.